The molecule has 3 nitrogen and oxygen atoms in total. The molecular formula is C21H20FNO2. The third-order valence-corrected chi connectivity index (χ3v) is 4.09. The number of ether oxygens (including phenoxy) is 1. The quantitative estimate of drug-likeness (QED) is 0.684. The van der Waals surface area contributed by atoms with Gasteiger partial charge < -0.3 is 15.2 Å². The average Bonchev–Trinajstić information content (AvgIpc) is 2.67. The molecule has 3 aromatic rings. The van der Waals surface area contributed by atoms with Crippen LogP contribution in [0.15, 0.2) is 78.9 Å². The summed E-state index contributed by atoms with van der Waals surface area (Å²) in [4.78, 5) is 0. The minimum Gasteiger partial charge on any atom is -0.494 e. The van der Waals surface area contributed by atoms with Gasteiger partial charge in [-0.25, -0.2) is 4.39 Å². The summed E-state index contributed by atoms with van der Waals surface area (Å²) in [7, 11) is 1.43. The number of anilines is 1. The minimum atomic E-state index is -0.784. The Bertz CT molecular complexity index is 809. The van der Waals surface area contributed by atoms with Crippen molar-refractivity contribution in [1.29, 1.82) is 0 Å². The van der Waals surface area contributed by atoms with Gasteiger partial charge in [0.1, 0.15) is 6.10 Å². The largest absolute Gasteiger partial charge is 0.494 e. The lowest BCUT2D eigenvalue weighted by atomic mass is 9.95. The molecule has 2 N–H and O–H groups in total. The SMILES string of the molecule is COc1ccc(N[C@H](c2ccccc2)[C@H](O)c2ccccc2)cc1F. The number of aliphatic hydroxyl groups excluding tert-OH is 1. The molecule has 0 aliphatic heterocycles. The Morgan fingerprint density at radius 3 is 2.04 bits per heavy atom. The summed E-state index contributed by atoms with van der Waals surface area (Å²) in [6, 6.07) is 23.3. The van der Waals surface area contributed by atoms with E-state index in [1.165, 1.54) is 13.2 Å². The van der Waals surface area contributed by atoms with Gasteiger partial charge >= 0.3 is 0 Å². The number of hydrogen-bond donors (Lipinski definition) is 2. The van der Waals surface area contributed by atoms with Crippen molar-refractivity contribution in [3.05, 3.63) is 95.8 Å². The third kappa shape index (κ3) is 3.98. The van der Waals surface area contributed by atoms with Gasteiger partial charge in [-0.05, 0) is 23.3 Å². The van der Waals surface area contributed by atoms with Crippen molar-refractivity contribution < 1.29 is 14.2 Å². The molecule has 0 spiro atoms. The predicted octanol–water partition coefficient (Wildman–Crippen LogP) is 4.72. The summed E-state index contributed by atoms with van der Waals surface area (Å²) in [6.07, 6.45) is -0.784. The summed E-state index contributed by atoms with van der Waals surface area (Å²) in [6.45, 7) is 0. The number of halogens is 1. The van der Waals surface area contributed by atoms with Gasteiger partial charge in [0.2, 0.25) is 0 Å². The summed E-state index contributed by atoms with van der Waals surface area (Å²) in [5.41, 5.74) is 2.27. The molecule has 0 aliphatic rings. The zero-order valence-corrected chi connectivity index (χ0v) is 13.9. The van der Waals surface area contributed by atoms with Gasteiger partial charge in [0.15, 0.2) is 11.6 Å². The van der Waals surface area contributed by atoms with E-state index in [0.29, 0.717) is 5.69 Å². The van der Waals surface area contributed by atoms with Gasteiger partial charge in [0.05, 0.1) is 13.2 Å². The summed E-state index contributed by atoms with van der Waals surface area (Å²) >= 11 is 0. The summed E-state index contributed by atoms with van der Waals surface area (Å²) < 4.78 is 19.0. The molecule has 0 saturated heterocycles. The molecule has 0 bridgehead atoms. The molecule has 2 atom stereocenters. The fourth-order valence-corrected chi connectivity index (χ4v) is 2.78. The van der Waals surface area contributed by atoms with E-state index in [4.69, 9.17) is 4.74 Å². The highest BCUT2D eigenvalue weighted by Crippen LogP contribution is 2.33. The number of nitrogens with one attached hydrogen (secondary N) is 1. The van der Waals surface area contributed by atoms with E-state index in [2.05, 4.69) is 5.32 Å². The van der Waals surface area contributed by atoms with E-state index >= 15 is 0 Å². The highest BCUT2D eigenvalue weighted by Gasteiger charge is 2.23. The number of hydrogen-bond acceptors (Lipinski definition) is 3. The predicted molar refractivity (Wildman–Crippen MR) is 97.2 cm³/mol. The van der Waals surface area contributed by atoms with Crippen LogP contribution in [0.4, 0.5) is 10.1 Å². The topological polar surface area (TPSA) is 41.5 Å². The number of rotatable bonds is 6. The van der Waals surface area contributed by atoms with Crippen LogP contribution in [0.25, 0.3) is 0 Å². The highest BCUT2D eigenvalue weighted by atomic mass is 19.1. The summed E-state index contributed by atoms with van der Waals surface area (Å²) in [5, 5.41) is 14.1. The van der Waals surface area contributed by atoms with Crippen molar-refractivity contribution in [2.24, 2.45) is 0 Å². The average molecular weight is 337 g/mol. The van der Waals surface area contributed by atoms with Crippen molar-refractivity contribution in [2.45, 2.75) is 12.1 Å². The second-order valence-corrected chi connectivity index (χ2v) is 5.74. The first-order valence-corrected chi connectivity index (χ1v) is 8.07. The Hall–Kier alpha value is -2.85. The molecule has 0 unspecified atom stereocenters. The van der Waals surface area contributed by atoms with Crippen molar-refractivity contribution >= 4 is 5.69 Å². The van der Waals surface area contributed by atoms with Crippen LogP contribution in [0.1, 0.15) is 23.3 Å². The van der Waals surface area contributed by atoms with E-state index < -0.39 is 18.0 Å². The zero-order chi connectivity index (χ0) is 17.6. The van der Waals surface area contributed by atoms with Gasteiger partial charge in [-0.2, -0.15) is 0 Å². The molecule has 0 saturated carbocycles. The lowest BCUT2D eigenvalue weighted by Crippen LogP contribution is -2.19. The first-order chi connectivity index (χ1) is 12.2. The fourth-order valence-electron chi connectivity index (χ4n) is 2.78. The van der Waals surface area contributed by atoms with E-state index in [9.17, 15) is 9.50 Å². The van der Waals surface area contributed by atoms with Gasteiger partial charge in [-0.3, -0.25) is 0 Å². The highest BCUT2D eigenvalue weighted by molar-refractivity contribution is 5.50. The molecule has 0 aromatic heterocycles. The van der Waals surface area contributed by atoms with Crippen LogP contribution in [0.3, 0.4) is 0 Å². The van der Waals surface area contributed by atoms with Crippen molar-refractivity contribution in [3.63, 3.8) is 0 Å². The maximum Gasteiger partial charge on any atom is 0.167 e. The van der Waals surface area contributed by atoms with Crippen LogP contribution in [0, 0.1) is 5.82 Å². The Balaban J connectivity index is 1.93. The Morgan fingerprint density at radius 1 is 0.880 bits per heavy atom. The van der Waals surface area contributed by atoms with E-state index in [0.717, 1.165) is 11.1 Å². The van der Waals surface area contributed by atoms with Crippen LogP contribution in [-0.4, -0.2) is 12.2 Å². The Kier molecular flexibility index (Phi) is 5.31. The molecule has 0 radical (unpaired) electrons. The first-order valence-electron chi connectivity index (χ1n) is 8.07. The standard InChI is InChI=1S/C21H20FNO2/c1-25-19-13-12-17(14-18(19)22)23-20(15-8-4-2-5-9-15)21(24)16-10-6-3-7-11-16/h2-14,20-21,23-24H,1H3/t20-,21-/m1/s1. The molecule has 4 heteroatoms. The van der Waals surface area contributed by atoms with Crippen LogP contribution >= 0.6 is 0 Å². The second kappa shape index (κ2) is 7.81. The van der Waals surface area contributed by atoms with Crippen LogP contribution in [-0.2, 0) is 0 Å². The van der Waals surface area contributed by atoms with Crippen LogP contribution in [0.5, 0.6) is 5.75 Å². The van der Waals surface area contributed by atoms with Crippen molar-refractivity contribution in [1.82, 2.24) is 0 Å². The summed E-state index contributed by atoms with van der Waals surface area (Å²) in [5.74, 6) is -0.265. The van der Waals surface area contributed by atoms with E-state index in [-0.39, 0.29) is 5.75 Å². The maximum atomic E-state index is 14.0. The lowest BCUT2D eigenvalue weighted by Gasteiger charge is -2.26. The van der Waals surface area contributed by atoms with Crippen LogP contribution < -0.4 is 10.1 Å². The Labute approximate surface area is 146 Å². The molecule has 128 valence electrons. The molecule has 3 rings (SSSR count). The maximum absolute atomic E-state index is 14.0. The van der Waals surface area contributed by atoms with Gasteiger partial charge in [0.25, 0.3) is 0 Å². The number of methoxy groups -OCH3 is 1. The monoisotopic (exact) mass is 337 g/mol. The normalized spacial score (nSPS) is 13.1. The lowest BCUT2D eigenvalue weighted by molar-refractivity contribution is 0.155. The van der Waals surface area contributed by atoms with Crippen molar-refractivity contribution in [2.75, 3.05) is 12.4 Å². The number of aliphatic hydroxyl groups is 1. The zero-order valence-electron chi connectivity index (χ0n) is 13.9. The van der Waals surface area contributed by atoms with Crippen molar-refractivity contribution in [3.8, 4) is 5.75 Å². The smallest absolute Gasteiger partial charge is 0.167 e. The van der Waals surface area contributed by atoms with E-state index in [1.807, 2.05) is 60.7 Å². The molecule has 0 aliphatic carbocycles. The van der Waals surface area contributed by atoms with Gasteiger partial charge in [0, 0.05) is 11.8 Å². The van der Waals surface area contributed by atoms with Gasteiger partial charge in [-0.15, -0.1) is 0 Å². The third-order valence-electron chi connectivity index (χ3n) is 4.09. The number of benzene rings is 3. The fraction of sp³-hybridized carbons (Fsp3) is 0.143. The molecular weight excluding hydrogens is 317 g/mol. The second-order valence-electron chi connectivity index (χ2n) is 5.74. The molecule has 25 heavy (non-hydrogen) atoms. The Morgan fingerprint density at radius 2 is 1.48 bits per heavy atom. The molecule has 0 heterocycles. The first kappa shape index (κ1) is 17.0. The van der Waals surface area contributed by atoms with Gasteiger partial charge in [-0.1, -0.05) is 60.7 Å². The molecule has 0 amide bonds. The van der Waals surface area contributed by atoms with E-state index in [1.54, 1.807) is 12.1 Å². The minimum absolute atomic E-state index is 0.186. The molecule has 3 aromatic carbocycles. The molecule has 0 fully saturated rings. The van der Waals surface area contributed by atoms with Crippen LogP contribution in [0.2, 0.25) is 0 Å².